The van der Waals surface area contributed by atoms with Crippen molar-refractivity contribution >= 4 is 21.6 Å². The van der Waals surface area contributed by atoms with Crippen LogP contribution in [0.15, 0.2) is 114 Å². The summed E-state index contributed by atoms with van der Waals surface area (Å²) in [7, 11) is -4.07. The highest BCUT2D eigenvalue weighted by Gasteiger charge is 2.30. The number of nitrogens with one attached hydrogen (secondary N) is 1. The minimum atomic E-state index is -4.07. The first kappa shape index (κ1) is 26.0. The fourth-order valence-corrected chi connectivity index (χ4v) is 5.51. The van der Waals surface area contributed by atoms with Gasteiger partial charge in [-0.25, -0.2) is 8.42 Å². The summed E-state index contributed by atoms with van der Waals surface area (Å²) in [6.45, 7) is 3.76. The van der Waals surface area contributed by atoms with Gasteiger partial charge in [-0.1, -0.05) is 90.5 Å². The average molecular weight is 515 g/mol. The van der Waals surface area contributed by atoms with Gasteiger partial charge in [0, 0.05) is 0 Å². The second kappa shape index (κ2) is 11.8. The number of amides is 1. The van der Waals surface area contributed by atoms with Crippen LogP contribution in [0.4, 0.5) is 5.69 Å². The largest absolute Gasteiger partial charge is 0.492 e. The second-order valence-electron chi connectivity index (χ2n) is 8.55. The Labute approximate surface area is 218 Å². The molecule has 0 bridgehead atoms. The van der Waals surface area contributed by atoms with Gasteiger partial charge in [-0.05, 0) is 49.2 Å². The Kier molecular flexibility index (Phi) is 8.25. The molecule has 37 heavy (non-hydrogen) atoms. The molecule has 0 fully saturated rings. The van der Waals surface area contributed by atoms with E-state index in [1.165, 1.54) is 12.1 Å². The minimum Gasteiger partial charge on any atom is -0.492 e. The highest BCUT2D eigenvalue weighted by Crippen LogP contribution is 2.32. The number of sulfonamides is 1. The van der Waals surface area contributed by atoms with Crippen LogP contribution < -0.4 is 14.4 Å². The number of anilines is 1. The first-order chi connectivity index (χ1) is 17.9. The predicted molar refractivity (Wildman–Crippen MR) is 146 cm³/mol. The third-order valence-corrected chi connectivity index (χ3v) is 7.68. The summed E-state index contributed by atoms with van der Waals surface area (Å²) >= 11 is 0. The molecule has 4 aromatic carbocycles. The summed E-state index contributed by atoms with van der Waals surface area (Å²) in [6, 6.07) is 32.0. The third-order valence-electron chi connectivity index (χ3n) is 5.90. The number of para-hydroxylation sites is 2. The molecule has 6 nitrogen and oxygen atoms in total. The number of carbonyl (C=O) groups excluding carboxylic acids is 1. The Morgan fingerprint density at radius 3 is 2.03 bits per heavy atom. The van der Waals surface area contributed by atoms with Crippen molar-refractivity contribution in [3.8, 4) is 5.75 Å². The van der Waals surface area contributed by atoms with E-state index in [9.17, 15) is 13.2 Å². The van der Waals surface area contributed by atoms with E-state index in [0.29, 0.717) is 18.0 Å². The molecule has 4 rings (SSSR count). The van der Waals surface area contributed by atoms with Crippen molar-refractivity contribution in [1.82, 2.24) is 5.32 Å². The number of carbonyl (C=O) groups is 1. The normalized spacial score (nSPS) is 11.9. The van der Waals surface area contributed by atoms with Gasteiger partial charge in [-0.15, -0.1) is 0 Å². The van der Waals surface area contributed by atoms with Crippen LogP contribution in [0.3, 0.4) is 0 Å². The monoisotopic (exact) mass is 514 g/mol. The lowest BCUT2D eigenvalue weighted by atomic mass is 9.98. The lowest BCUT2D eigenvalue weighted by Gasteiger charge is -2.27. The van der Waals surface area contributed by atoms with Crippen LogP contribution >= 0.6 is 0 Å². The standard InChI is InChI=1S/C30H30N2O4S/c1-3-36-28-17-11-10-16-27(28)32(37(34,35)26-14-8-5-9-15-26)22-29(33)31-30(24-12-6-4-7-13-24)25-20-18-23(2)19-21-25/h4-21,30H,3,22H2,1-2H3,(H,31,33). The van der Waals surface area contributed by atoms with Crippen LogP contribution in [0.5, 0.6) is 5.75 Å². The van der Waals surface area contributed by atoms with Crippen LogP contribution in [-0.2, 0) is 14.8 Å². The first-order valence-corrected chi connectivity index (χ1v) is 13.5. The lowest BCUT2D eigenvalue weighted by Crippen LogP contribution is -2.42. The number of hydrogen-bond donors (Lipinski definition) is 1. The average Bonchev–Trinajstić information content (AvgIpc) is 2.92. The molecule has 1 atom stereocenters. The van der Waals surface area contributed by atoms with E-state index < -0.39 is 28.5 Å². The summed E-state index contributed by atoms with van der Waals surface area (Å²) in [5.74, 6) is -0.0596. The van der Waals surface area contributed by atoms with E-state index in [1.807, 2.05) is 68.4 Å². The van der Waals surface area contributed by atoms with Gasteiger partial charge in [-0.3, -0.25) is 9.10 Å². The summed E-state index contributed by atoms with van der Waals surface area (Å²) in [4.78, 5) is 13.6. The Hall–Kier alpha value is -4.10. The van der Waals surface area contributed by atoms with Gasteiger partial charge in [0.05, 0.1) is 23.2 Å². The number of ether oxygens (including phenoxy) is 1. The topological polar surface area (TPSA) is 75.7 Å². The molecular formula is C30H30N2O4S. The van der Waals surface area contributed by atoms with E-state index in [4.69, 9.17) is 4.74 Å². The molecule has 190 valence electrons. The van der Waals surface area contributed by atoms with Gasteiger partial charge in [0.15, 0.2) is 0 Å². The fourth-order valence-electron chi connectivity index (χ4n) is 4.06. The molecule has 0 aliphatic heterocycles. The van der Waals surface area contributed by atoms with Gasteiger partial charge in [0.2, 0.25) is 5.91 Å². The highest BCUT2D eigenvalue weighted by atomic mass is 32.2. The Balaban J connectivity index is 1.71. The molecule has 7 heteroatoms. The van der Waals surface area contributed by atoms with Gasteiger partial charge in [-0.2, -0.15) is 0 Å². The fraction of sp³-hybridized carbons (Fsp3) is 0.167. The number of nitrogens with zero attached hydrogens (tertiary/aromatic N) is 1. The Morgan fingerprint density at radius 1 is 0.811 bits per heavy atom. The van der Waals surface area contributed by atoms with Gasteiger partial charge >= 0.3 is 0 Å². The Morgan fingerprint density at radius 2 is 1.38 bits per heavy atom. The lowest BCUT2D eigenvalue weighted by molar-refractivity contribution is -0.120. The van der Waals surface area contributed by atoms with Crippen molar-refractivity contribution in [2.24, 2.45) is 0 Å². The molecule has 0 aliphatic carbocycles. The zero-order valence-corrected chi connectivity index (χ0v) is 21.7. The molecule has 0 saturated heterocycles. The molecule has 0 aliphatic rings. The van der Waals surface area contributed by atoms with Crippen LogP contribution in [0.25, 0.3) is 0 Å². The summed E-state index contributed by atoms with van der Waals surface area (Å²) < 4.78 is 34.4. The van der Waals surface area contributed by atoms with Crippen LogP contribution in [0, 0.1) is 6.92 Å². The second-order valence-corrected chi connectivity index (χ2v) is 10.4. The zero-order chi connectivity index (χ0) is 26.3. The van der Waals surface area contributed by atoms with E-state index in [1.54, 1.807) is 42.5 Å². The third kappa shape index (κ3) is 6.19. The molecule has 0 radical (unpaired) electrons. The maximum Gasteiger partial charge on any atom is 0.264 e. The van der Waals surface area contributed by atoms with Crippen molar-refractivity contribution < 1.29 is 17.9 Å². The van der Waals surface area contributed by atoms with Crippen molar-refractivity contribution in [2.75, 3.05) is 17.5 Å². The predicted octanol–water partition coefficient (Wildman–Crippen LogP) is 5.49. The van der Waals surface area contributed by atoms with Crippen molar-refractivity contribution in [3.63, 3.8) is 0 Å². The molecule has 0 saturated carbocycles. The molecule has 1 amide bonds. The van der Waals surface area contributed by atoms with Gasteiger partial charge < -0.3 is 10.1 Å². The molecule has 0 aromatic heterocycles. The van der Waals surface area contributed by atoms with Gasteiger partial charge in [0.1, 0.15) is 12.3 Å². The van der Waals surface area contributed by atoms with E-state index in [-0.39, 0.29) is 4.90 Å². The maximum atomic E-state index is 13.8. The van der Waals surface area contributed by atoms with E-state index >= 15 is 0 Å². The quantitative estimate of drug-likeness (QED) is 0.303. The highest BCUT2D eigenvalue weighted by molar-refractivity contribution is 7.92. The number of aryl methyl sites for hydroxylation is 1. The summed E-state index contributed by atoms with van der Waals surface area (Å²) in [5, 5.41) is 3.06. The van der Waals surface area contributed by atoms with Crippen LogP contribution in [-0.4, -0.2) is 27.5 Å². The maximum absolute atomic E-state index is 13.8. The first-order valence-electron chi connectivity index (χ1n) is 12.1. The molecule has 4 aromatic rings. The van der Waals surface area contributed by atoms with Crippen molar-refractivity contribution in [3.05, 3.63) is 126 Å². The number of hydrogen-bond acceptors (Lipinski definition) is 4. The summed E-state index contributed by atoms with van der Waals surface area (Å²) in [6.07, 6.45) is 0. The van der Waals surface area contributed by atoms with E-state index in [2.05, 4.69) is 5.32 Å². The molecular weight excluding hydrogens is 484 g/mol. The van der Waals surface area contributed by atoms with Crippen LogP contribution in [0.1, 0.15) is 29.7 Å². The van der Waals surface area contributed by atoms with Crippen LogP contribution in [0.2, 0.25) is 0 Å². The molecule has 1 unspecified atom stereocenters. The molecule has 0 spiro atoms. The summed E-state index contributed by atoms with van der Waals surface area (Å²) in [5.41, 5.74) is 3.20. The Bertz CT molecular complexity index is 1420. The zero-order valence-electron chi connectivity index (χ0n) is 20.9. The van der Waals surface area contributed by atoms with E-state index in [0.717, 1.165) is 21.0 Å². The smallest absolute Gasteiger partial charge is 0.264 e. The minimum absolute atomic E-state index is 0.0900. The molecule has 0 heterocycles. The van der Waals surface area contributed by atoms with Gasteiger partial charge in [0.25, 0.3) is 10.0 Å². The SMILES string of the molecule is CCOc1ccccc1N(CC(=O)NC(c1ccccc1)c1ccc(C)cc1)S(=O)(=O)c1ccccc1. The van der Waals surface area contributed by atoms with Crippen molar-refractivity contribution in [1.29, 1.82) is 0 Å². The number of benzene rings is 4. The number of rotatable bonds is 10. The van der Waals surface area contributed by atoms with Crippen molar-refractivity contribution in [2.45, 2.75) is 24.8 Å². The molecule has 1 N–H and O–H groups in total.